The van der Waals surface area contributed by atoms with Crippen molar-refractivity contribution in [2.45, 2.75) is 6.04 Å². The number of likely N-dealkylation sites (N-methyl/N-ethyl adjacent to an activating group) is 1. The van der Waals surface area contributed by atoms with Crippen LogP contribution in [-0.2, 0) is 9.59 Å². The summed E-state index contributed by atoms with van der Waals surface area (Å²) < 4.78 is 6.25. The fourth-order valence-electron chi connectivity index (χ4n) is 4.40. The van der Waals surface area contributed by atoms with Crippen molar-refractivity contribution in [2.24, 2.45) is 0 Å². The third-order valence-electron chi connectivity index (χ3n) is 6.07. The minimum absolute atomic E-state index is 0.177. The largest absolute Gasteiger partial charge is 0.483 e. The van der Waals surface area contributed by atoms with E-state index in [9.17, 15) is 4.79 Å². The molecule has 1 aromatic heterocycles. The molecular weight excluding hydrogens is 503 g/mol. The normalized spacial score (nSPS) is 15.2. The second-order valence-electron chi connectivity index (χ2n) is 8.44. The molecule has 0 spiro atoms. The van der Waals surface area contributed by atoms with Crippen LogP contribution >= 0.6 is 23.2 Å². The van der Waals surface area contributed by atoms with Gasteiger partial charge in [0.05, 0.1) is 5.69 Å². The van der Waals surface area contributed by atoms with Crippen molar-refractivity contribution in [3.05, 3.63) is 76.3 Å². The topological polar surface area (TPSA) is 98.0 Å². The number of nitrogens with zero attached hydrogens (tertiary/aromatic N) is 2. The van der Waals surface area contributed by atoms with Gasteiger partial charge in [-0.2, -0.15) is 0 Å². The van der Waals surface area contributed by atoms with E-state index >= 15 is 0 Å². The summed E-state index contributed by atoms with van der Waals surface area (Å²) in [6.07, 6.45) is 0. The van der Waals surface area contributed by atoms with E-state index in [4.69, 9.17) is 37.5 Å². The fraction of sp³-hybridized carbons (Fsp3) is 0.231. The number of fused-ring (bicyclic) bond motifs is 3. The van der Waals surface area contributed by atoms with E-state index in [2.05, 4.69) is 27.7 Å². The summed E-state index contributed by atoms with van der Waals surface area (Å²) in [7, 11) is 2.09. The molecular formula is C26H26Cl2N4O4. The second kappa shape index (κ2) is 11.6. The predicted octanol–water partition coefficient (Wildman–Crippen LogP) is 5.03. The summed E-state index contributed by atoms with van der Waals surface area (Å²) in [5.41, 5.74) is 8.82. The number of para-hydroxylation sites is 2. The standard InChI is InChI=1S/C25H24Cl2N4O2.CH2O2/c1-30-9-11-31(12-10-30)23(25(32)29-28-18-14-16(26)13-17(27)15-18)21-7-4-6-20-19-5-2-3-8-22(19)33-24(20)21;2-1-3/h2-8,13-15,23,28H,9-12H2,1H3,(H,29,32);1H,(H,2,3). The zero-order valence-corrected chi connectivity index (χ0v) is 21.1. The van der Waals surface area contributed by atoms with Crippen molar-refractivity contribution in [2.75, 3.05) is 38.7 Å². The van der Waals surface area contributed by atoms with Gasteiger partial charge in [0.15, 0.2) is 0 Å². The van der Waals surface area contributed by atoms with Crippen LogP contribution in [0.3, 0.4) is 0 Å². The number of benzene rings is 3. The first kappa shape index (κ1) is 25.8. The van der Waals surface area contributed by atoms with Gasteiger partial charge in [-0.1, -0.05) is 59.6 Å². The lowest BCUT2D eigenvalue weighted by Gasteiger charge is -2.37. The Kier molecular flexibility index (Phi) is 8.32. The number of amides is 1. The smallest absolute Gasteiger partial charge is 0.290 e. The van der Waals surface area contributed by atoms with E-state index in [0.717, 1.165) is 53.7 Å². The molecule has 1 saturated heterocycles. The van der Waals surface area contributed by atoms with Crippen molar-refractivity contribution in [3.63, 3.8) is 0 Å². The second-order valence-corrected chi connectivity index (χ2v) is 9.31. The van der Waals surface area contributed by atoms with Crippen LogP contribution < -0.4 is 10.9 Å². The van der Waals surface area contributed by atoms with Crippen LogP contribution in [0, 0.1) is 0 Å². The summed E-state index contributed by atoms with van der Waals surface area (Å²) in [6.45, 7) is 3.07. The molecule has 8 nitrogen and oxygen atoms in total. The Bertz CT molecular complexity index is 1350. The van der Waals surface area contributed by atoms with Crippen molar-refractivity contribution < 1.29 is 19.1 Å². The van der Waals surface area contributed by atoms with Crippen LogP contribution in [0.1, 0.15) is 11.6 Å². The van der Waals surface area contributed by atoms with Crippen molar-refractivity contribution in [1.82, 2.24) is 15.2 Å². The zero-order chi connectivity index (χ0) is 25.7. The Balaban J connectivity index is 0.000000967. The molecule has 0 bridgehead atoms. The van der Waals surface area contributed by atoms with E-state index in [1.807, 2.05) is 42.5 Å². The maximum Gasteiger partial charge on any atom is 0.290 e. The van der Waals surface area contributed by atoms with Gasteiger partial charge in [-0.25, -0.2) is 0 Å². The van der Waals surface area contributed by atoms with Crippen LogP contribution in [0.15, 0.2) is 65.1 Å². The Morgan fingerprint density at radius 3 is 2.33 bits per heavy atom. The highest BCUT2D eigenvalue weighted by molar-refractivity contribution is 6.35. The molecule has 188 valence electrons. The minimum atomic E-state index is -0.523. The number of hydrogen-bond donors (Lipinski definition) is 3. The number of nitrogens with one attached hydrogen (secondary N) is 2. The van der Waals surface area contributed by atoms with Gasteiger partial charge in [0.25, 0.3) is 12.4 Å². The molecule has 1 fully saturated rings. The van der Waals surface area contributed by atoms with Gasteiger partial charge in [0.1, 0.15) is 17.2 Å². The van der Waals surface area contributed by atoms with E-state index in [0.29, 0.717) is 15.7 Å². The van der Waals surface area contributed by atoms with E-state index in [1.165, 1.54) is 0 Å². The lowest BCUT2D eigenvalue weighted by Crippen LogP contribution is -2.50. The van der Waals surface area contributed by atoms with Crippen LogP contribution in [0.2, 0.25) is 10.0 Å². The highest BCUT2D eigenvalue weighted by atomic mass is 35.5. The average Bonchev–Trinajstić information content (AvgIpc) is 3.24. The third kappa shape index (κ3) is 5.74. The number of anilines is 1. The first-order valence-electron chi connectivity index (χ1n) is 11.3. The number of rotatable bonds is 5. The molecule has 1 aliphatic heterocycles. The molecule has 2 heterocycles. The number of carboxylic acid groups (broad SMARTS) is 1. The average molecular weight is 529 g/mol. The van der Waals surface area contributed by atoms with Gasteiger partial charge >= 0.3 is 0 Å². The lowest BCUT2D eigenvalue weighted by molar-refractivity contribution is -0.127. The number of hydrazine groups is 1. The maximum absolute atomic E-state index is 13.6. The van der Waals surface area contributed by atoms with E-state index in [1.54, 1.807) is 18.2 Å². The first-order chi connectivity index (χ1) is 17.4. The predicted molar refractivity (Wildman–Crippen MR) is 142 cm³/mol. The van der Waals surface area contributed by atoms with Crippen LogP contribution in [0.5, 0.6) is 0 Å². The molecule has 0 radical (unpaired) electrons. The van der Waals surface area contributed by atoms with Gasteiger partial charge in [-0.3, -0.25) is 25.3 Å². The number of halogens is 2. The summed E-state index contributed by atoms with van der Waals surface area (Å²) in [4.78, 5) is 26.4. The van der Waals surface area contributed by atoms with Gasteiger partial charge in [-0.15, -0.1) is 0 Å². The molecule has 0 saturated carbocycles. The van der Waals surface area contributed by atoms with Crippen molar-refractivity contribution in [3.8, 4) is 0 Å². The molecule has 1 atom stereocenters. The first-order valence-corrected chi connectivity index (χ1v) is 12.1. The molecule has 1 unspecified atom stereocenters. The van der Waals surface area contributed by atoms with E-state index in [-0.39, 0.29) is 12.4 Å². The number of carbonyl (C=O) groups is 2. The number of hydrogen-bond acceptors (Lipinski definition) is 6. The molecule has 1 amide bonds. The molecule has 3 N–H and O–H groups in total. The Labute approximate surface area is 218 Å². The lowest BCUT2D eigenvalue weighted by atomic mass is 10.0. The molecule has 5 rings (SSSR count). The molecule has 1 aliphatic rings. The van der Waals surface area contributed by atoms with Crippen LogP contribution in [0.4, 0.5) is 5.69 Å². The van der Waals surface area contributed by atoms with E-state index < -0.39 is 6.04 Å². The molecule has 10 heteroatoms. The van der Waals surface area contributed by atoms with Gasteiger partial charge < -0.3 is 14.4 Å². The number of carbonyl (C=O) groups excluding carboxylic acids is 1. The molecule has 4 aromatic rings. The van der Waals surface area contributed by atoms with Crippen molar-refractivity contribution in [1.29, 1.82) is 0 Å². The highest BCUT2D eigenvalue weighted by Crippen LogP contribution is 2.35. The quantitative estimate of drug-likeness (QED) is 0.247. The monoisotopic (exact) mass is 528 g/mol. The zero-order valence-electron chi connectivity index (χ0n) is 19.6. The van der Waals surface area contributed by atoms with Crippen molar-refractivity contribution >= 4 is 63.2 Å². The highest BCUT2D eigenvalue weighted by Gasteiger charge is 2.32. The Hall–Kier alpha value is -3.30. The number of furan rings is 1. The summed E-state index contributed by atoms with van der Waals surface area (Å²) in [5, 5.41) is 9.91. The molecule has 0 aliphatic carbocycles. The molecule has 36 heavy (non-hydrogen) atoms. The number of piperazine rings is 1. The Morgan fingerprint density at radius 1 is 1.00 bits per heavy atom. The van der Waals surface area contributed by atoms with Gasteiger partial charge in [-0.05, 0) is 31.3 Å². The summed E-state index contributed by atoms with van der Waals surface area (Å²) in [5.74, 6) is -0.177. The van der Waals surface area contributed by atoms with Gasteiger partial charge in [0, 0.05) is 52.6 Å². The molecule has 3 aromatic carbocycles. The third-order valence-corrected chi connectivity index (χ3v) is 6.51. The van der Waals surface area contributed by atoms with Crippen LogP contribution in [-0.4, -0.2) is 60.5 Å². The summed E-state index contributed by atoms with van der Waals surface area (Å²) >= 11 is 12.2. The fourth-order valence-corrected chi connectivity index (χ4v) is 4.92. The van der Waals surface area contributed by atoms with Crippen LogP contribution in [0.25, 0.3) is 21.9 Å². The summed E-state index contributed by atoms with van der Waals surface area (Å²) in [6, 6.07) is 18.5. The van der Waals surface area contributed by atoms with Gasteiger partial charge in [0.2, 0.25) is 0 Å². The maximum atomic E-state index is 13.6. The SMILES string of the molecule is CN1CCN(C(C(=O)NNc2cc(Cl)cc(Cl)c2)c2cccc3c2oc2ccccc23)CC1.O=CO. The Morgan fingerprint density at radius 2 is 1.64 bits per heavy atom. The minimum Gasteiger partial charge on any atom is -0.483 e.